The Balaban J connectivity index is 1.14. The molecule has 2 aliphatic carbocycles. The van der Waals surface area contributed by atoms with Gasteiger partial charge in [0.1, 0.15) is 23.7 Å². The number of phenols is 2. The number of aliphatic hydroxyl groups excluding tert-OH is 7. The Bertz CT molecular complexity index is 2130. The van der Waals surface area contributed by atoms with Crippen LogP contribution < -0.4 is 18.4 Å². The number of carbonyl (C=O) groups excluding carboxylic acids is 1. The third-order valence-electron chi connectivity index (χ3n) is 12.6. The number of phenolic OH excluding ortho intramolecular Hbond substituents is 2. The second-order valence-electron chi connectivity index (χ2n) is 17.7. The van der Waals surface area contributed by atoms with Gasteiger partial charge in [0.25, 0.3) is 0 Å². The summed E-state index contributed by atoms with van der Waals surface area (Å²) in [6.45, 7) is 2.55. The summed E-state index contributed by atoms with van der Waals surface area (Å²) in [7, 11) is 1.40. The van der Waals surface area contributed by atoms with Crippen LogP contribution in [0.5, 0.6) is 23.0 Å². The van der Waals surface area contributed by atoms with Crippen LogP contribution in [0.3, 0.4) is 0 Å². The molecule has 0 saturated carbocycles. The van der Waals surface area contributed by atoms with Crippen molar-refractivity contribution < 1.29 is 79.5 Å². The van der Waals surface area contributed by atoms with Crippen LogP contribution in [0.1, 0.15) is 83.9 Å². The average molecular weight is 963 g/mol. The van der Waals surface area contributed by atoms with Crippen LogP contribution in [0.4, 0.5) is 0 Å². The van der Waals surface area contributed by atoms with E-state index >= 15 is 0 Å². The van der Waals surface area contributed by atoms with Gasteiger partial charge in [-0.2, -0.15) is 0 Å². The fraction of sp³-hybridized carbons (Fsp3) is 0.558. The van der Waals surface area contributed by atoms with Crippen LogP contribution in [0.25, 0.3) is 0 Å². The summed E-state index contributed by atoms with van der Waals surface area (Å²) in [6.07, 6.45) is -15.0. The summed E-state index contributed by atoms with van der Waals surface area (Å²) in [5.74, 6) is -0.923. The van der Waals surface area contributed by atoms with Crippen LogP contribution in [0.15, 0.2) is 36.4 Å². The van der Waals surface area contributed by atoms with Gasteiger partial charge in [0, 0.05) is 23.1 Å². The number of ketones is 1. The van der Waals surface area contributed by atoms with Gasteiger partial charge < -0.3 is 30.3 Å². The molecule has 0 aromatic heterocycles. The Morgan fingerprint density at radius 2 is 1.59 bits per heavy atom. The van der Waals surface area contributed by atoms with Crippen molar-refractivity contribution in [2.75, 3.05) is 13.7 Å². The number of Topliss-reactive ketones (excluding diaryl/α,β-unsaturated/α-hetero) is 1. The molecular formula is C43H57NO16Sn. The zero-order chi connectivity index (χ0) is 44.5. The van der Waals surface area contributed by atoms with Crippen molar-refractivity contribution in [1.29, 1.82) is 0 Å². The Labute approximate surface area is 356 Å². The molecule has 17 nitrogen and oxygen atoms in total. The summed E-state index contributed by atoms with van der Waals surface area (Å²) >= 11 is -3.01. The molecule has 2 saturated heterocycles. The quantitative estimate of drug-likeness (QED) is 0.0910. The van der Waals surface area contributed by atoms with Gasteiger partial charge >= 0.3 is 233 Å². The van der Waals surface area contributed by atoms with E-state index in [2.05, 4.69) is 20.1 Å². The number of rotatable bonds is 11. The van der Waals surface area contributed by atoms with E-state index in [1.165, 1.54) is 14.0 Å². The monoisotopic (exact) mass is 963 g/mol. The van der Waals surface area contributed by atoms with E-state index in [9.17, 15) is 55.9 Å². The number of aromatic hydroxyl groups is 2. The van der Waals surface area contributed by atoms with Crippen LogP contribution in [-0.2, 0) is 32.0 Å². The molecule has 7 rings (SSSR count). The van der Waals surface area contributed by atoms with E-state index in [0.717, 1.165) is 9.14 Å². The molecule has 334 valence electrons. The first-order valence-corrected chi connectivity index (χ1v) is 30.4. The fourth-order valence-electron chi connectivity index (χ4n) is 9.08. The van der Waals surface area contributed by atoms with Gasteiger partial charge in [-0.05, 0) is 18.6 Å². The number of fused-ring (bicyclic) bond motifs is 3. The third kappa shape index (κ3) is 8.38. The maximum atomic E-state index is 13.0. The van der Waals surface area contributed by atoms with Gasteiger partial charge in [-0.25, -0.2) is 0 Å². The predicted molar refractivity (Wildman–Crippen MR) is 218 cm³/mol. The normalized spacial score (nSPS) is 33.6. The number of hydrogen-bond acceptors (Lipinski definition) is 17. The van der Waals surface area contributed by atoms with E-state index in [1.807, 2.05) is 6.07 Å². The van der Waals surface area contributed by atoms with Crippen LogP contribution in [-0.4, -0.2) is 150 Å². The summed E-state index contributed by atoms with van der Waals surface area (Å²) in [4.78, 5) is 19.5. The number of hydrogen-bond donors (Lipinski definition) is 11. The molecule has 3 aromatic carbocycles. The van der Waals surface area contributed by atoms with E-state index < -0.39 is 128 Å². The molecule has 61 heavy (non-hydrogen) atoms. The molecule has 0 radical (unpaired) electrons. The first-order chi connectivity index (χ1) is 28.7. The molecule has 13 atom stereocenters. The van der Waals surface area contributed by atoms with Crippen LogP contribution >= 0.6 is 0 Å². The summed E-state index contributed by atoms with van der Waals surface area (Å²) in [5.41, 5.74) is -1.10. The van der Waals surface area contributed by atoms with E-state index in [4.69, 9.17) is 23.7 Å². The minimum atomic E-state index is -3.01. The first-order valence-electron chi connectivity index (χ1n) is 20.4. The predicted octanol–water partition coefficient (Wildman–Crippen LogP) is 0.285. The van der Waals surface area contributed by atoms with Gasteiger partial charge in [-0.1, -0.05) is 12.1 Å². The van der Waals surface area contributed by atoms with E-state index in [-0.39, 0.29) is 58.5 Å². The number of methoxy groups -OCH3 is 1. The summed E-state index contributed by atoms with van der Waals surface area (Å²) in [5, 5.41) is 114. The van der Waals surface area contributed by atoms with Crippen molar-refractivity contribution in [3.8, 4) is 23.0 Å². The Kier molecular flexibility index (Phi) is 13.1. The van der Waals surface area contributed by atoms with Crippen molar-refractivity contribution in [3.63, 3.8) is 0 Å². The van der Waals surface area contributed by atoms with Gasteiger partial charge in [-0.15, -0.1) is 0 Å². The van der Waals surface area contributed by atoms with Crippen molar-refractivity contribution in [3.05, 3.63) is 75.3 Å². The molecule has 0 bridgehead atoms. The number of aliphatic hydroxyl groups is 8. The number of ether oxygens (including phenoxy) is 5. The topological polar surface area (TPSA) is 278 Å². The van der Waals surface area contributed by atoms with Gasteiger partial charge in [0.05, 0.1) is 7.11 Å². The van der Waals surface area contributed by atoms with Crippen LogP contribution in [0.2, 0.25) is 14.8 Å². The van der Waals surface area contributed by atoms with Crippen molar-refractivity contribution in [1.82, 2.24) is 5.32 Å². The van der Waals surface area contributed by atoms with E-state index in [0.29, 0.717) is 5.75 Å². The van der Waals surface area contributed by atoms with Crippen molar-refractivity contribution in [2.24, 2.45) is 0 Å². The van der Waals surface area contributed by atoms with Gasteiger partial charge in [-0.3, -0.25) is 4.79 Å². The van der Waals surface area contributed by atoms with Gasteiger partial charge in [0.2, 0.25) is 0 Å². The molecule has 0 spiro atoms. The zero-order valence-electron chi connectivity index (χ0n) is 34.8. The van der Waals surface area contributed by atoms with Crippen molar-refractivity contribution in [2.45, 2.75) is 134 Å². The molecule has 2 fully saturated rings. The molecule has 2 heterocycles. The number of nitrogens with one attached hydrogen (secondary N) is 1. The molecule has 0 amide bonds. The molecule has 11 N–H and O–H groups in total. The fourth-order valence-corrected chi connectivity index (χ4v) is 13.4. The molecular weight excluding hydrogens is 905 g/mol. The molecule has 3 aromatic rings. The standard InChI is InChI=1S/C40H48NO16.3CH3.Sn/c1-16-31(44)22(41-14-18-7-9-19(10-8-18)55-39-38(51)37(50)34(47)25(15-42)57-39)11-26(54-16)56-24-13-40(52,17(2)43)12-21-28(24)36(49)30-29(33(21)46)32(45)20-5-4-6-23(53-3)27(20)35(30)48;;;;/h4-9,16,22,24-26,31-32,34-35,37-39,41-42,44-52H,11-15H2,1-3H3;3*1H3;/t16-,22-,24-,25-,26?,31+,32?,34+,35?,37-,38+,39?,40-;;;;/m0..../s1. The first kappa shape index (κ1) is 45.9. The van der Waals surface area contributed by atoms with E-state index in [1.54, 1.807) is 37.3 Å². The summed E-state index contributed by atoms with van der Waals surface area (Å²) in [6, 6.07) is 9.67. The second kappa shape index (κ2) is 17.4. The molecule has 4 unspecified atom stereocenters. The molecule has 4 aliphatic rings. The van der Waals surface area contributed by atoms with Crippen LogP contribution in [0, 0.1) is 0 Å². The Morgan fingerprint density at radius 1 is 0.885 bits per heavy atom. The second-order valence-corrected chi connectivity index (χ2v) is 32.0. The molecule has 18 heteroatoms. The molecule has 2 aliphatic heterocycles. The Hall–Kier alpha value is -3.15. The number of carbonyl (C=O) groups is 1. The average Bonchev–Trinajstić information content (AvgIpc) is 3.21. The number of benzene rings is 3. The Morgan fingerprint density at radius 3 is 2.25 bits per heavy atom. The SMILES string of the molecule is COc1cccc2c1C(O)c1c(O)c3c(c(O)c1C2O)C[C@@](O)(C(C)=O)C[C@@H]3OC1C[C@H](NCc2ccc(OC3O[C@@H](CO)[C@@H](O)[C@H](O)[C@H]3O)[c]([Sn]([CH3])([CH3])[CH3])c2)[C@H](O)[C@H](C)O1. The zero-order valence-corrected chi connectivity index (χ0v) is 37.7. The minimum absolute atomic E-state index is 0.0192. The van der Waals surface area contributed by atoms with Gasteiger partial charge in [0.15, 0.2) is 5.78 Å². The van der Waals surface area contributed by atoms with Crippen molar-refractivity contribution >= 4 is 27.7 Å². The maximum absolute atomic E-state index is 13.0. The summed E-state index contributed by atoms with van der Waals surface area (Å²) < 4.78 is 30.6. The third-order valence-corrected chi connectivity index (χ3v) is 18.3.